The number of carbonyl (C=O) groups excluding carboxylic acids is 1. The Labute approximate surface area is 151 Å². The predicted molar refractivity (Wildman–Crippen MR) is 100 cm³/mol. The van der Waals surface area contributed by atoms with Gasteiger partial charge in [0.25, 0.3) is 0 Å². The van der Waals surface area contributed by atoms with Crippen LogP contribution in [0, 0.1) is 0 Å². The van der Waals surface area contributed by atoms with Gasteiger partial charge in [-0.2, -0.15) is 0 Å². The summed E-state index contributed by atoms with van der Waals surface area (Å²) in [6.07, 6.45) is 4.91. The second-order valence-electron chi connectivity index (χ2n) is 7.39. The third-order valence-corrected chi connectivity index (χ3v) is 5.40. The summed E-state index contributed by atoms with van der Waals surface area (Å²) in [5.41, 5.74) is 1.21. The monoisotopic (exact) mass is 345 g/mol. The van der Waals surface area contributed by atoms with Crippen molar-refractivity contribution in [3.63, 3.8) is 0 Å². The topological polar surface area (TPSA) is 44.8 Å². The molecule has 0 radical (unpaired) electrons. The molecule has 2 unspecified atom stereocenters. The van der Waals surface area contributed by atoms with Crippen molar-refractivity contribution >= 4 is 6.03 Å². The van der Waals surface area contributed by atoms with Crippen LogP contribution in [-0.2, 0) is 0 Å². The highest BCUT2D eigenvalue weighted by Gasteiger charge is 2.29. The van der Waals surface area contributed by atoms with Gasteiger partial charge in [0.2, 0.25) is 0 Å². The maximum absolute atomic E-state index is 12.6. The molecule has 138 valence electrons. The lowest BCUT2D eigenvalue weighted by Gasteiger charge is -2.30. The van der Waals surface area contributed by atoms with E-state index in [1.54, 1.807) is 7.11 Å². The highest BCUT2D eigenvalue weighted by molar-refractivity contribution is 5.75. The molecule has 0 aliphatic carbocycles. The number of benzene rings is 1. The van der Waals surface area contributed by atoms with Crippen LogP contribution in [0.2, 0.25) is 0 Å². The van der Waals surface area contributed by atoms with E-state index in [9.17, 15) is 4.79 Å². The van der Waals surface area contributed by atoms with Gasteiger partial charge in [-0.1, -0.05) is 24.6 Å². The third kappa shape index (κ3) is 4.66. The first-order chi connectivity index (χ1) is 12.2. The van der Waals surface area contributed by atoms with E-state index in [1.807, 2.05) is 23.1 Å². The van der Waals surface area contributed by atoms with E-state index in [1.165, 1.54) is 37.9 Å². The molecule has 1 aromatic carbocycles. The lowest BCUT2D eigenvalue weighted by Crippen LogP contribution is -2.48. The van der Waals surface area contributed by atoms with Crippen molar-refractivity contribution in [2.75, 3.05) is 39.8 Å². The van der Waals surface area contributed by atoms with Crippen molar-refractivity contribution in [3.05, 3.63) is 29.8 Å². The van der Waals surface area contributed by atoms with Crippen LogP contribution >= 0.6 is 0 Å². The fraction of sp³-hybridized carbons (Fsp3) is 0.650. The Morgan fingerprint density at radius 2 is 2.00 bits per heavy atom. The van der Waals surface area contributed by atoms with Crippen LogP contribution in [0.15, 0.2) is 24.3 Å². The molecule has 1 aromatic rings. The molecule has 0 spiro atoms. The number of urea groups is 1. The quantitative estimate of drug-likeness (QED) is 0.892. The molecular weight excluding hydrogens is 314 g/mol. The second kappa shape index (κ2) is 8.56. The zero-order chi connectivity index (χ0) is 17.6. The SMILES string of the molecule is COc1ccccc1C1CCN(C(=O)NC(C)CN2CCCCC2)C1. The molecule has 2 fully saturated rings. The molecule has 0 saturated carbocycles. The Balaban J connectivity index is 1.50. The van der Waals surface area contributed by atoms with Crippen molar-refractivity contribution in [2.24, 2.45) is 0 Å². The summed E-state index contributed by atoms with van der Waals surface area (Å²) in [6.45, 7) is 6.98. The molecule has 5 nitrogen and oxygen atoms in total. The van der Waals surface area contributed by atoms with E-state index in [-0.39, 0.29) is 12.1 Å². The lowest BCUT2D eigenvalue weighted by molar-refractivity contribution is 0.187. The summed E-state index contributed by atoms with van der Waals surface area (Å²) in [5.74, 6) is 1.28. The number of nitrogens with one attached hydrogen (secondary N) is 1. The summed E-state index contributed by atoms with van der Waals surface area (Å²) in [6, 6.07) is 8.41. The summed E-state index contributed by atoms with van der Waals surface area (Å²) in [5, 5.41) is 3.18. The number of hydrogen-bond acceptors (Lipinski definition) is 3. The lowest BCUT2D eigenvalue weighted by atomic mass is 9.97. The minimum Gasteiger partial charge on any atom is -0.496 e. The Morgan fingerprint density at radius 1 is 1.24 bits per heavy atom. The maximum Gasteiger partial charge on any atom is 0.317 e. The molecule has 2 aliphatic heterocycles. The van der Waals surface area contributed by atoms with Gasteiger partial charge in [0.1, 0.15) is 5.75 Å². The minimum absolute atomic E-state index is 0.0712. The predicted octanol–water partition coefficient (Wildman–Crippen LogP) is 3.07. The average molecular weight is 345 g/mol. The number of hydrogen-bond donors (Lipinski definition) is 1. The summed E-state index contributed by atoms with van der Waals surface area (Å²) >= 11 is 0. The molecule has 2 aliphatic rings. The number of piperidine rings is 1. The van der Waals surface area contributed by atoms with Gasteiger partial charge in [-0.3, -0.25) is 0 Å². The molecule has 0 aromatic heterocycles. The number of amides is 2. The molecule has 2 heterocycles. The molecular formula is C20H31N3O2. The highest BCUT2D eigenvalue weighted by Crippen LogP contribution is 2.33. The van der Waals surface area contributed by atoms with Gasteiger partial charge < -0.3 is 19.9 Å². The zero-order valence-corrected chi connectivity index (χ0v) is 15.5. The van der Waals surface area contributed by atoms with Gasteiger partial charge in [-0.25, -0.2) is 4.79 Å². The molecule has 3 rings (SSSR count). The van der Waals surface area contributed by atoms with Crippen molar-refractivity contribution in [3.8, 4) is 5.75 Å². The highest BCUT2D eigenvalue weighted by atomic mass is 16.5. The van der Waals surface area contributed by atoms with Crippen molar-refractivity contribution in [2.45, 2.75) is 44.6 Å². The number of nitrogens with zero attached hydrogens (tertiary/aromatic N) is 2. The molecule has 1 N–H and O–H groups in total. The van der Waals surface area contributed by atoms with E-state index >= 15 is 0 Å². The number of rotatable bonds is 5. The summed E-state index contributed by atoms with van der Waals surface area (Å²) in [7, 11) is 1.71. The van der Waals surface area contributed by atoms with E-state index in [4.69, 9.17) is 4.74 Å². The van der Waals surface area contributed by atoms with Gasteiger partial charge in [-0.15, -0.1) is 0 Å². The Kier molecular flexibility index (Phi) is 6.19. The number of para-hydroxylation sites is 1. The summed E-state index contributed by atoms with van der Waals surface area (Å²) in [4.78, 5) is 17.0. The van der Waals surface area contributed by atoms with Gasteiger partial charge >= 0.3 is 6.03 Å². The maximum atomic E-state index is 12.6. The van der Waals surface area contributed by atoms with Gasteiger partial charge in [-0.05, 0) is 50.9 Å². The fourth-order valence-corrected chi connectivity index (χ4v) is 4.08. The van der Waals surface area contributed by atoms with Gasteiger partial charge in [0.15, 0.2) is 0 Å². The molecule has 5 heteroatoms. The first kappa shape index (κ1) is 18.1. The Hall–Kier alpha value is -1.75. The summed E-state index contributed by atoms with van der Waals surface area (Å²) < 4.78 is 5.48. The second-order valence-corrected chi connectivity index (χ2v) is 7.39. The minimum atomic E-state index is 0.0712. The van der Waals surface area contributed by atoms with Gasteiger partial charge in [0.05, 0.1) is 7.11 Å². The first-order valence-electron chi connectivity index (χ1n) is 9.58. The zero-order valence-electron chi connectivity index (χ0n) is 15.5. The molecule has 2 saturated heterocycles. The van der Waals surface area contributed by atoms with E-state index in [0.29, 0.717) is 5.92 Å². The van der Waals surface area contributed by atoms with Crippen LogP contribution in [0.3, 0.4) is 0 Å². The van der Waals surface area contributed by atoms with E-state index in [0.717, 1.165) is 31.8 Å². The van der Waals surface area contributed by atoms with Crippen molar-refractivity contribution in [1.82, 2.24) is 15.1 Å². The molecule has 2 atom stereocenters. The molecule has 2 amide bonds. The average Bonchev–Trinajstić information content (AvgIpc) is 3.12. The molecule has 0 bridgehead atoms. The van der Waals surface area contributed by atoms with Crippen molar-refractivity contribution < 1.29 is 9.53 Å². The standard InChI is InChI=1S/C20H31N3O2/c1-16(14-22-11-6-3-7-12-22)21-20(24)23-13-10-17(15-23)18-8-4-5-9-19(18)25-2/h4-5,8-9,16-17H,3,6-7,10-15H2,1-2H3,(H,21,24). The van der Waals surface area contributed by atoms with Crippen LogP contribution < -0.4 is 10.1 Å². The van der Waals surface area contributed by atoms with E-state index < -0.39 is 0 Å². The van der Waals surface area contributed by atoms with E-state index in [2.05, 4.69) is 23.2 Å². The smallest absolute Gasteiger partial charge is 0.317 e. The number of methoxy groups -OCH3 is 1. The normalized spacial score (nSPS) is 22.6. The van der Waals surface area contributed by atoms with Crippen LogP contribution in [0.25, 0.3) is 0 Å². The molecule has 25 heavy (non-hydrogen) atoms. The van der Waals surface area contributed by atoms with Crippen LogP contribution in [0.1, 0.15) is 44.1 Å². The van der Waals surface area contributed by atoms with Crippen LogP contribution in [0.5, 0.6) is 5.75 Å². The van der Waals surface area contributed by atoms with Gasteiger partial charge in [0, 0.05) is 31.6 Å². The van der Waals surface area contributed by atoms with Crippen molar-refractivity contribution in [1.29, 1.82) is 0 Å². The van der Waals surface area contributed by atoms with Crippen LogP contribution in [0.4, 0.5) is 4.79 Å². The fourth-order valence-electron chi connectivity index (χ4n) is 4.08. The largest absolute Gasteiger partial charge is 0.496 e. The number of likely N-dealkylation sites (tertiary alicyclic amines) is 2. The first-order valence-corrected chi connectivity index (χ1v) is 9.58. The Bertz CT molecular complexity index is 572. The number of carbonyl (C=O) groups is 1. The third-order valence-electron chi connectivity index (χ3n) is 5.40. The Morgan fingerprint density at radius 3 is 2.76 bits per heavy atom. The van der Waals surface area contributed by atoms with Crippen LogP contribution in [-0.4, -0.2) is 61.7 Å². The number of ether oxygens (including phenoxy) is 1.